The molecule has 0 aliphatic carbocycles. The molecule has 0 aromatic carbocycles. The second-order valence-corrected chi connectivity index (χ2v) is 3.17. The summed E-state index contributed by atoms with van der Waals surface area (Å²) in [7, 11) is -4.60. The average molecular weight is 180 g/mol. The van der Waals surface area contributed by atoms with Crippen LogP contribution in [0.2, 0.25) is 0 Å². The number of hydrogen-bond acceptors (Lipinski definition) is 3. The number of rotatable bonds is 4. The van der Waals surface area contributed by atoms with Gasteiger partial charge in [0.05, 0.1) is 12.9 Å². The molecular formula is C5H9O5P. The Morgan fingerprint density at radius 1 is 1.64 bits per heavy atom. The standard InChI is InChI=1S/C5H9O5P/c1-2-10-4-3-5(6)11(7,8)9/h3-4H,2H2,1H3,(H2,7,8,9). The Morgan fingerprint density at radius 2 is 2.18 bits per heavy atom. The topological polar surface area (TPSA) is 83.8 Å². The van der Waals surface area contributed by atoms with Gasteiger partial charge < -0.3 is 14.5 Å². The first-order chi connectivity index (χ1) is 4.98. The van der Waals surface area contributed by atoms with Crippen LogP contribution in [0.1, 0.15) is 6.92 Å². The molecule has 64 valence electrons. The van der Waals surface area contributed by atoms with E-state index in [1.54, 1.807) is 6.92 Å². The van der Waals surface area contributed by atoms with Crippen LogP contribution in [0.25, 0.3) is 0 Å². The monoisotopic (exact) mass is 180 g/mol. The zero-order valence-electron chi connectivity index (χ0n) is 5.93. The van der Waals surface area contributed by atoms with Gasteiger partial charge in [-0.25, -0.2) is 0 Å². The molecule has 0 aromatic heterocycles. The Bertz CT molecular complexity index is 203. The largest absolute Gasteiger partial charge is 0.501 e. The second kappa shape index (κ2) is 4.28. The van der Waals surface area contributed by atoms with Crippen LogP contribution in [0, 0.1) is 0 Å². The highest BCUT2D eigenvalue weighted by Gasteiger charge is 2.22. The molecule has 0 aliphatic heterocycles. The van der Waals surface area contributed by atoms with Crippen molar-refractivity contribution in [3.05, 3.63) is 12.3 Å². The van der Waals surface area contributed by atoms with Crippen molar-refractivity contribution >= 4 is 13.1 Å². The third-order valence-electron chi connectivity index (χ3n) is 0.761. The Morgan fingerprint density at radius 3 is 2.55 bits per heavy atom. The van der Waals surface area contributed by atoms with E-state index in [4.69, 9.17) is 9.79 Å². The first-order valence-corrected chi connectivity index (χ1v) is 4.48. The van der Waals surface area contributed by atoms with Gasteiger partial charge in [-0.15, -0.1) is 0 Å². The highest BCUT2D eigenvalue weighted by molar-refractivity contribution is 7.70. The lowest BCUT2D eigenvalue weighted by atomic mass is 10.7. The molecule has 0 heterocycles. The maximum atomic E-state index is 10.4. The van der Waals surface area contributed by atoms with Crippen LogP contribution < -0.4 is 0 Å². The van der Waals surface area contributed by atoms with Gasteiger partial charge in [0.1, 0.15) is 0 Å². The summed E-state index contributed by atoms with van der Waals surface area (Å²) in [5.74, 6) is 0. The lowest BCUT2D eigenvalue weighted by Gasteiger charge is -1.96. The first-order valence-electron chi connectivity index (χ1n) is 2.86. The molecule has 2 N–H and O–H groups in total. The summed E-state index contributed by atoms with van der Waals surface area (Å²) in [6.07, 6.45) is 1.67. The van der Waals surface area contributed by atoms with Gasteiger partial charge in [0.25, 0.3) is 5.52 Å². The molecular weight excluding hydrogens is 171 g/mol. The zero-order chi connectivity index (χ0) is 8.91. The van der Waals surface area contributed by atoms with E-state index in [1.165, 1.54) is 0 Å². The van der Waals surface area contributed by atoms with Crippen molar-refractivity contribution in [2.24, 2.45) is 0 Å². The molecule has 0 saturated heterocycles. The molecule has 0 radical (unpaired) electrons. The fraction of sp³-hybridized carbons (Fsp3) is 0.400. The van der Waals surface area contributed by atoms with Crippen molar-refractivity contribution < 1.29 is 23.9 Å². The minimum Gasteiger partial charge on any atom is -0.501 e. The van der Waals surface area contributed by atoms with Gasteiger partial charge in [-0.05, 0) is 6.92 Å². The molecule has 0 aliphatic rings. The number of hydrogen-bond donors (Lipinski definition) is 2. The van der Waals surface area contributed by atoms with E-state index in [0.717, 1.165) is 6.26 Å². The highest BCUT2D eigenvalue weighted by atomic mass is 31.2. The summed E-state index contributed by atoms with van der Waals surface area (Å²) in [5, 5.41) is 0. The van der Waals surface area contributed by atoms with Crippen molar-refractivity contribution in [1.82, 2.24) is 0 Å². The normalized spacial score (nSPS) is 11.9. The smallest absolute Gasteiger partial charge is 0.395 e. The molecule has 0 atom stereocenters. The predicted molar refractivity (Wildman–Crippen MR) is 37.8 cm³/mol. The molecule has 0 aromatic rings. The number of allylic oxidation sites excluding steroid dienone is 1. The number of carbonyl (C=O) groups excluding carboxylic acids is 1. The van der Waals surface area contributed by atoms with Crippen molar-refractivity contribution in [2.75, 3.05) is 6.61 Å². The number of ether oxygens (including phenoxy) is 1. The van der Waals surface area contributed by atoms with E-state index >= 15 is 0 Å². The molecule has 0 amide bonds. The zero-order valence-corrected chi connectivity index (χ0v) is 6.82. The summed E-state index contributed by atoms with van der Waals surface area (Å²) < 4.78 is 14.7. The van der Waals surface area contributed by atoms with Crippen molar-refractivity contribution in [2.45, 2.75) is 6.92 Å². The van der Waals surface area contributed by atoms with Gasteiger partial charge >= 0.3 is 7.60 Å². The van der Waals surface area contributed by atoms with Gasteiger partial charge in [-0.3, -0.25) is 9.36 Å². The van der Waals surface area contributed by atoms with Gasteiger partial charge in [0, 0.05) is 6.08 Å². The quantitative estimate of drug-likeness (QED) is 0.367. The van der Waals surface area contributed by atoms with Crippen LogP contribution >= 0.6 is 7.60 Å². The first kappa shape index (κ1) is 10.4. The van der Waals surface area contributed by atoms with Crippen LogP contribution in [0.5, 0.6) is 0 Å². The van der Waals surface area contributed by atoms with Crippen LogP contribution in [-0.2, 0) is 14.1 Å². The summed E-state index contributed by atoms with van der Waals surface area (Å²) in [6.45, 7) is 2.04. The van der Waals surface area contributed by atoms with Crippen molar-refractivity contribution in [3.63, 3.8) is 0 Å². The Labute approximate surface area is 63.8 Å². The van der Waals surface area contributed by atoms with E-state index in [2.05, 4.69) is 4.74 Å². The van der Waals surface area contributed by atoms with E-state index in [-0.39, 0.29) is 0 Å². The predicted octanol–water partition coefficient (Wildman–Crippen LogP) is 0.241. The fourth-order valence-electron chi connectivity index (χ4n) is 0.300. The van der Waals surface area contributed by atoms with Gasteiger partial charge in [-0.2, -0.15) is 0 Å². The summed E-state index contributed by atoms with van der Waals surface area (Å²) in [4.78, 5) is 26.9. The maximum Gasteiger partial charge on any atom is 0.395 e. The van der Waals surface area contributed by atoms with Gasteiger partial charge in [0.2, 0.25) is 0 Å². The van der Waals surface area contributed by atoms with Gasteiger partial charge in [0.15, 0.2) is 0 Å². The number of carbonyl (C=O) groups is 1. The molecule has 6 heteroatoms. The van der Waals surface area contributed by atoms with Crippen LogP contribution in [0.15, 0.2) is 12.3 Å². The molecule has 11 heavy (non-hydrogen) atoms. The maximum absolute atomic E-state index is 10.4. The third-order valence-corrected chi connectivity index (χ3v) is 1.48. The van der Waals surface area contributed by atoms with Crippen LogP contribution in [0.4, 0.5) is 0 Å². The fourth-order valence-corrected chi connectivity index (χ4v) is 0.555. The van der Waals surface area contributed by atoms with Crippen molar-refractivity contribution in [1.29, 1.82) is 0 Å². The Hall–Kier alpha value is -0.640. The molecule has 0 bridgehead atoms. The van der Waals surface area contributed by atoms with E-state index in [1.807, 2.05) is 0 Å². The van der Waals surface area contributed by atoms with E-state index < -0.39 is 13.1 Å². The van der Waals surface area contributed by atoms with Crippen molar-refractivity contribution in [3.8, 4) is 0 Å². The van der Waals surface area contributed by atoms with E-state index in [0.29, 0.717) is 12.7 Å². The average Bonchev–Trinajstić information content (AvgIpc) is 1.86. The minimum absolute atomic E-state index is 0.352. The van der Waals surface area contributed by atoms with E-state index in [9.17, 15) is 9.36 Å². The van der Waals surface area contributed by atoms with Crippen LogP contribution in [-0.4, -0.2) is 21.9 Å². The molecule has 5 nitrogen and oxygen atoms in total. The second-order valence-electron chi connectivity index (χ2n) is 1.64. The Kier molecular flexibility index (Phi) is 4.03. The molecule has 0 fully saturated rings. The summed E-state index contributed by atoms with van der Waals surface area (Å²) in [6, 6.07) is 0. The molecule has 0 unspecified atom stereocenters. The Balaban J connectivity index is 3.99. The molecule has 0 spiro atoms. The highest BCUT2D eigenvalue weighted by Crippen LogP contribution is 2.35. The summed E-state index contributed by atoms with van der Waals surface area (Å²) in [5.41, 5.74) is -1.24. The molecule has 0 rings (SSSR count). The lowest BCUT2D eigenvalue weighted by molar-refractivity contribution is -0.109. The SMILES string of the molecule is CCOC=CC(=O)P(=O)(O)O. The molecule has 0 saturated carbocycles. The minimum atomic E-state index is -4.60. The van der Waals surface area contributed by atoms with Crippen LogP contribution in [0.3, 0.4) is 0 Å². The third kappa shape index (κ3) is 4.72. The summed E-state index contributed by atoms with van der Waals surface area (Å²) >= 11 is 0. The lowest BCUT2D eigenvalue weighted by Crippen LogP contribution is -1.93. The van der Waals surface area contributed by atoms with Gasteiger partial charge in [-0.1, -0.05) is 0 Å².